The summed E-state index contributed by atoms with van der Waals surface area (Å²) in [5, 5.41) is -0.174. The fourth-order valence-corrected chi connectivity index (χ4v) is 2.52. The molecule has 0 aliphatic carbocycles. The maximum Gasteiger partial charge on any atom is 0.416 e. The fraction of sp³-hybridized carbons (Fsp3) is 0.364. The van der Waals surface area contributed by atoms with E-state index >= 15 is 0 Å². The quantitative estimate of drug-likeness (QED) is 0.711. The van der Waals surface area contributed by atoms with E-state index in [-0.39, 0.29) is 9.92 Å². The summed E-state index contributed by atoms with van der Waals surface area (Å²) in [4.78, 5) is 0.136. The predicted molar refractivity (Wildman–Crippen MR) is 67.3 cm³/mol. The summed E-state index contributed by atoms with van der Waals surface area (Å²) < 4.78 is 48.2. The normalized spacial score (nSPS) is 14.5. The molecule has 0 aromatic heterocycles. The van der Waals surface area contributed by atoms with E-state index in [4.69, 9.17) is 11.6 Å². The zero-order valence-corrected chi connectivity index (χ0v) is 11.3. The molecule has 1 rings (SSSR count). The minimum atomic E-state index is -4.45. The standard InChI is InChI=1S/C9H8ClF3OS.C2H6/c1-15(2,14)8-4-3-6(5-7(8)10)9(11,12)13;1-2/h3-5H,1H2,2H3;1-2H3. The first-order valence-corrected chi connectivity index (χ1v) is 7.33. The zero-order chi connectivity index (χ0) is 13.9. The summed E-state index contributed by atoms with van der Waals surface area (Å²) >= 11 is 5.60. The van der Waals surface area contributed by atoms with Crippen molar-refractivity contribution in [2.24, 2.45) is 0 Å². The van der Waals surface area contributed by atoms with Crippen molar-refractivity contribution in [3.8, 4) is 0 Å². The average molecular weight is 287 g/mol. The van der Waals surface area contributed by atoms with Crippen LogP contribution < -0.4 is 0 Å². The van der Waals surface area contributed by atoms with Crippen molar-refractivity contribution in [1.29, 1.82) is 0 Å². The lowest BCUT2D eigenvalue weighted by Gasteiger charge is -2.10. The molecule has 0 saturated carbocycles. The Labute approximate surface area is 105 Å². The Bertz CT molecular complexity index is 478. The van der Waals surface area contributed by atoms with Crippen molar-refractivity contribution in [1.82, 2.24) is 0 Å². The van der Waals surface area contributed by atoms with E-state index in [0.717, 1.165) is 18.2 Å². The van der Waals surface area contributed by atoms with Crippen LogP contribution in [-0.4, -0.2) is 16.3 Å². The maximum absolute atomic E-state index is 12.3. The van der Waals surface area contributed by atoms with Crippen LogP contribution in [-0.2, 0) is 15.7 Å². The van der Waals surface area contributed by atoms with Gasteiger partial charge in [-0.15, -0.1) is 0 Å². The van der Waals surface area contributed by atoms with E-state index in [2.05, 4.69) is 5.87 Å². The van der Waals surface area contributed by atoms with Crippen LogP contribution in [0.1, 0.15) is 19.4 Å². The Kier molecular flexibility index (Phi) is 5.55. The van der Waals surface area contributed by atoms with E-state index in [1.54, 1.807) is 0 Å². The van der Waals surface area contributed by atoms with Crippen molar-refractivity contribution >= 4 is 27.0 Å². The highest BCUT2D eigenvalue weighted by Crippen LogP contribution is 2.33. The number of alkyl halides is 3. The Balaban J connectivity index is 0.00000121. The second kappa shape index (κ2) is 5.78. The van der Waals surface area contributed by atoms with Gasteiger partial charge in [-0.2, -0.15) is 13.2 Å². The van der Waals surface area contributed by atoms with E-state index < -0.39 is 21.3 Å². The SMILES string of the molecule is C=S(C)(=O)c1ccc(C(F)(F)F)cc1Cl.CC. The van der Waals surface area contributed by atoms with Crippen LogP contribution in [0.15, 0.2) is 23.1 Å². The van der Waals surface area contributed by atoms with Crippen molar-refractivity contribution in [2.75, 3.05) is 6.26 Å². The van der Waals surface area contributed by atoms with Gasteiger partial charge in [0.05, 0.1) is 10.6 Å². The van der Waals surface area contributed by atoms with Gasteiger partial charge < -0.3 is 0 Å². The van der Waals surface area contributed by atoms with Crippen molar-refractivity contribution in [3.63, 3.8) is 0 Å². The largest absolute Gasteiger partial charge is 0.416 e. The van der Waals surface area contributed by atoms with E-state index in [1.165, 1.54) is 6.26 Å². The summed E-state index contributed by atoms with van der Waals surface area (Å²) in [5.74, 6) is 3.36. The summed E-state index contributed by atoms with van der Waals surface area (Å²) in [5.41, 5.74) is -0.861. The Morgan fingerprint density at radius 2 is 1.76 bits per heavy atom. The third-order valence-electron chi connectivity index (χ3n) is 1.72. The highest BCUT2D eigenvalue weighted by Gasteiger charge is 2.31. The number of halogens is 4. The van der Waals surface area contributed by atoms with Crippen molar-refractivity contribution in [2.45, 2.75) is 24.9 Å². The molecule has 0 fully saturated rings. The highest BCUT2D eigenvalue weighted by atomic mass is 35.5. The van der Waals surface area contributed by atoms with Gasteiger partial charge in [0.1, 0.15) is 0 Å². The Hall–Kier alpha value is -0.680. The molecular weight excluding hydrogens is 273 g/mol. The van der Waals surface area contributed by atoms with Crippen LogP contribution in [0.5, 0.6) is 0 Å². The van der Waals surface area contributed by atoms with Gasteiger partial charge in [-0.05, 0) is 33.6 Å². The van der Waals surface area contributed by atoms with Crippen LogP contribution >= 0.6 is 11.6 Å². The lowest BCUT2D eigenvalue weighted by Crippen LogP contribution is -2.06. The second-order valence-electron chi connectivity index (χ2n) is 3.15. The van der Waals surface area contributed by atoms with Gasteiger partial charge in [0.25, 0.3) is 0 Å². The molecule has 1 aromatic rings. The second-order valence-corrected chi connectivity index (χ2v) is 6.00. The van der Waals surface area contributed by atoms with Gasteiger partial charge in [0.2, 0.25) is 0 Å². The molecule has 0 N–H and O–H groups in total. The molecule has 0 aliphatic heterocycles. The zero-order valence-electron chi connectivity index (χ0n) is 9.77. The van der Waals surface area contributed by atoms with Gasteiger partial charge >= 0.3 is 6.18 Å². The summed E-state index contributed by atoms with van der Waals surface area (Å²) in [6.45, 7) is 4.00. The average Bonchev–Trinajstić information content (AvgIpc) is 2.17. The molecule has 6 heteroatoms. The number of hydrogen-bond donors (Lipinski definition) is 0. The molecular formula is C11H14ClF3OS. The topological polar surface area (TPSA) is 17.1 Å². The molecule has 0 aliphatic rings. The molecule has 98 valence electrons. The molecule has 0 spiro atoms. The number of benzene rings is 1. The third-order valence-corrected chi connectivity index (χ3v) is 3.44. The van der Waals surface area contributed by atoms with Gasteiger partial charge in [-0.1, -0.05) is 25.4 Å². The van der Waals surface area contributed by atoms with E-state index in [1.807, 2.05) is 13.8 Å². The molecule has 0 amide bonds. The summed E-state index contributed by atoms with van der Waals surface area (Å²) in [6.07, 6.45) is -3.13. The van der Waals surface area contributed by atoms with Gasteiger partial charge in [0.15, 0.2) is 0 Å². The number of rotatable bonds is 1. The van der Waals surface area contributed by atoms with E-state index in [0.29, 0.717) is 0 Å². The molecule has 0 saturated heterocycles. The first-order chi connectivity index (χ1) is 7.62. The molecule has 1 nitrogen and oxygen atoms in total. The Morgan fingerprint density at radius 3 is 2.06 bits per heavy atom. The molecule has 1 unspecified atom stereocenters. The minimum absolute atomic E-state index is 0.136. The van der Waals surface area contributed by atoms with Gasteiger partial charge in [0, 0.05) is 11.2 Å². The monoisotopic (exact) mass is 286 g/mol. The minimum Gasteiger partial charge on any atom is -0.263 e. The van der Waals surface area contributed by atoms with Crippen molar-refractivity contribution in [3.05, 3.63) is 28.8 Å². The smallest absolute Gasteiger partial charge is 0.263 e. The number of hydrogen-bond acceptors (Lipinski definition) is 1. The van der Waals surface area contributed by atoms with Crippen LogP contribution in [0.2, 0.25) is 5.02 Å². The van der Waals surface area contributed by atoms with E-state index in [9.17, 15) is 17.4 Å². The molecule has 1 atom stereocenters. The van der Waals surface area contributed by atoms with Crippen LogP contribution in [0.3, 0.4) is 0 Å². The van der Waals surface area contributed by atoms with Crippen LogP contribution in [0, 0.1) is 0 Å². The van der Waals surface area contributed by atoms with Crippen LogP contribution in [0.25, 0.3) is 0 Å². The molecule has 0 radical (unpaired) electrons. The first kappa shape index (κ1) is 16.3. The fourth-order valence-electron chi connectivity index (χ4n) is 1.03. The molecule has 0 heterocycles. The van der Waals surface area contributed by atoms with Crippen molar-refractivity contribution < 1.29 is 17.4 Å². The maximum atomic E-state index is 12.3. The molecule has 1 aromatic carbocycles. The molecule has 0 bridgehead atoms. The third kappa shape index (κ3) is 4.60. The molecule has 17 heavy (non-hydrogen) atoms. The summed E-state index contributed by atoms with van der Waals surface area (Å²) in [6, 6.07) is 2.70. The Morgan fingerprint density at radius 1 is 1.29 bits per heavy atom. The summed E-state index contributed by atoms with van der Waals surface area (Å²) in [7, 11) is -2.60. The lowest BCUT2D eigenvalue weighted by molar-refractivity contribution is -0.137. The first-order valence-electron chi connectivity index (χ1n) is 4.81. The van der Waals surface area contributed by atoms with Crippen LogP contribution in [0.4, 0.5) is 13.2 Å². The predicted octanol–water partition coefficient (Wildman–Crippen LogP) is 4.09. The highest BCUT2D eigenvalue weighted by molar-refractivity contribution is 7.99. The lowest BCUT2D eigenvalue weighted by atomic mass is 10.2. The van der Waals surface area contributed by atoms with Gasteiger partial charge in [-0.3, -0.25) is 4.21 Å². The van der Waals surface area contributed by atoms with Gasteiger partial charge in [-0.25, -0.2) is 0 Å².